The maximum Gasteiger partial charge on any atom is 0.234 e. The molecular weight excluding hydrogens is 412 g/mol. The highest BCUT2D eigenvalue weighted by molar-refractivity contribution is 7.99. The van der Waals surface area contributed by atoms with Crippen molar-refractivity contribution in [3.05, 3.63) is 72.6 Å². The molecule has 0 unspecified atom stereocenters. The Morgan fingerprint density at radius 3 is 2.61 bits per heavy atom. The maximum absolute atomic E-state index is 12.3. The van der Waals surface area contributed by atoms with Gasteiger partial charge in [0.05, 0.1) is 18.6 Å². The summed E-state index contributed by atoms with van der Waals surface area (Å²) >= 11 is 1.31. The Labute approximate surface area is 184 Å². The number of anilines is 1. The zero-order valence-corrected chi connectivity index (χ0v) is 18.1. The lowest BCUT2D eigenvalue weighted by atomic mass is 10.1. The van der Waals surface area contributed by atoms with Crippen LogP contribution in [-0.4, -0.2) is 33.5 Å². The Bertz CT molecular complexity index is 1200. The van der Waals surface area contributed by atoms with Gasteiger partial charge in [0, 0.05) is 12.4 Å². The minimum atomic E-state index is -0.147. The summed E-state index contributed by atoms with van der Waals surface area (Å²) in [6.07, 6.45) is 0. The molecule has 1 N–H and O–H groups in total. The lowest BCUT2D eigenvalue weighted by molar-refractivity contribution is -0.113. The van der Waals surface area contributed by atoms with Gasteiger partial charge in [0.2, 0.25) is 5.91 Å². The molecule has 0 aliphatic carbocycles. The van der Waals surface area contributed by atoms with Crippen LogP contribution in [0, 0.1) is 0 Å². The zero-order chi connectivity index (χ0) is 21.6. The number of hydrogen-bond acceptors (Lipinski definition) is 6. The Kier molecular flexibility index (Phi) is 6.37. The predicted molar refractivity (Wildman–Crippen MR) is 122 cm³/mol. The molecule has 8 heteroatoms. The summed E-state index contributed by atoms with van der Waals surface area (Å²) in [5.74, 6) is 2.15. The highest BCUT2D eigenvalue weighted by atomic mass is 32.2. The van der Waals surface area contributed by atoms with Gasteiger partial charge in [-0.2, -0.15) is 0 Å². The fourth-order valence-electron chi connectivity index (χ4n) is 3.12. The minimum absolute atomic E-state index is 0.147. The zero-order valence-electron chi connectivity index (χ0n) is 17.2. The Morgan fingerprint density at radius 2 is 1.74 bits per heavy atom. The third-order valence-electron chi connectivity index (χ3n) is 4.74. The van der Waals surface area contributed by atoms with Crippen molar-refractivity contribution < 1.29 is 14.3 Å². The summed E-state index contributed by atoms with van der Waals surface area (Å²) in [5, 5.41) is 14.1. The van der Waals surface area contributed by atoms with Crippen molar-refractivity contribution in [2.75, 3.05) is 18.2 Å². The number of ether oxygens (including phenoxy) is 2. The van der Waals surface area contributed by atoms with Crippen molar-refractivity contribution in [3.8, 4) is 11.5 Å². The maximum atomic E-state index is 12.3. The Hall–Kier alpha value is -3.52. The van der Waals surface area contributed by atoms with Crippen LogP contribution in [-0.2, 0) is 18.4 Å². The molecule has 1 aromatic heterocycles. The van der Waals surface area contributed by atoms with Crippen LogP contribution in [0.3, 0.4) is 0 Å². The molecule has 0 saturated heterocycles. The Balaban J connectivity index is 1.36. The SMILES string of the molecule is COc1ccccc1NC(=O)CSc1nnc(COc2cccc3ccccc23)n1C. The summed E-state index contributed by atoms with van der Waals surface area (Å²) in [4.78, 5) is 12.3. The molecule has 3 aromatic carbocycles. The smallest absolute Gasteiger partial charge is 0.234 e. The fraction of sp³-hybridized carbons (Fsp3) is 0.174. The van der Waals surface area contributed by atoms with Crippen LogP contribution >= 0.6 is 11.8 Å². The van der Waals surface area contributed by atoms with Crippen molar-refractivity contribution in [2.45, 2.75) is 11.8 Å². The number of rotatable bonds is 8. The van der Waals surface area contributed by atoms with Crippen LogP contribution in [0.1, 0.15) is 5.82 Å². The van der Waals surface area contributed by atoms with Gasteiger partial charge in [-0.3, -0.25) is 4.79 Å². The average molecular weight is 435 g/mol. The van der Waals surface area contributed by atoms with E-state index < -0.39 is 0 Å². The van der Waals surface area contributed by atoms with Crippen molar-refractivity contribution in [1.82, 2.24) is 14.8 Å². The van der Waals surface area contributed by atoms with Gasteiger partial charge in [0.1, 0.15) is 18.1 Å². The summed E-state index contributed by atoms with van der Waals surface area (Å²) in [6.45, 7) is 0.283. The first-order valence-electron chi connectivity index (χ1n) is 9.70. The third-order valence-corrected chi connectivity index (χ3v) is 5.77. The molecule has 7 nitrogen and oxygen atoms in total. The van der Waals surface area contributed by atoms with E-state index in [1.54, 1.807) is 19.2 Å². The van der Waals surface area contributed by atoms with Crippen molar-refractivity contribution in [1.29, 1.82) is 0 Å². The van der Waals surface area contributed by atoms with E-state index in [0.717, 1.165) is 16.5 Å². The van der Waals surface area contributed by atoms with E-state index in [-0.39, 0.29) is 18.3 Å². The molecule has 0 fully saturated rings. The first-order valence-corrected chi connectivity index (χ1v) is 10.7. The molecule has 0 bridgehead atoms. The second-order valence-corrected chi connectivity index (χ2v) is 7.70. The summed E-state index contributed by atoms with van der Waals surface area (Å²) < 4.78 is 13.1. The predicted octanol–water partition coefficient (Wildman–Crippen LogP) is 4.29. The highest BCUT2D eigenvalue weighted by Crippen LogP contribution is 2.26. The number of amides is 1. The van der Waals surface area contributed by atoms with E-state index in [4.69, 9.17) is 9.47 Å². The lowest BCUT2D eigenvalue weighted by Crippen LogP contribution is -2.15. The van der Waals surface area contributed by atoms with Gasteiger partial charge in [-0.15, -0.1) is 10.2 Å². The monoisotopic (exact) mass is 434 g/mol. The first kappa shape index (κ1) is 20.7. The number of thioether (sulfide) groups is 1. The molecule has 158 valence electrons. The second kappa shape index (κ2) is 9.53. The van der Waals surface area contributed by atoms with E-state index in [1.165, 1.54) is 11.8 Å². The van der Waals surface area contributed by atoms with Gasteiger partial charge in [-0.25, -0.2) is 0 Å². The normalized spacial score (nSPS) is 10.8. The van der Waals surface area contributed by atoms with Gasteiger partial charge >= 0.3 is 0 Å². The van der Waals surface area contributed by atoms with Crippen LogP contribution in [0.5, 0.6) is 11.5 Å². The van der Waals surface area contributed by atoms with E-state index in [1.807, 2.05) is 54.1 Å². The summed E-state index contributed by atoms with van der Waals surface area (Å²) in [5.41, 5.74) is 0.637. The highest BCUT2D eigenvalue weighted by Gasteiger charge is 2.13. The number of carbonyl (C=O) groups is 1. The molecule has 1 heterocycles. The van der Waals surface area contributed by atoms with Crippen molar-refractivity contribution in [3.63, 3.8) is 0 Å². The lowest BCUT2D eigenvalue weighted by Gasteiger charge is -2.10. The van der Waals surface area contributed by atoms with Crippen LogP contribution < -0.4 is 14.8 Å². The largest absolute Gasteiger partial charge is 0.495 e. The van der Waals surface area contributed by atoms with Crippen molar-refractivity contribution in [2.24, 2.45) is 7.05 Å². The van der Waals surface area contributed by atoms with Crippen LogP contribution in [0.2, 0.25) is 0 Å². The van der Waals surface area contributed by atoms with Crippen molar-refractivity contribution >= 4 is 34.1 Å². The van der Waals surface area contributed by atoms with Gasteiger partial charge < -0.3 is 19.4 Å². The summed E-state index contributed by atoms with van der Waals surface area (Å²) in [6, 6.07) is 21.3. The molecule has 0 saturated carbocycles. The molecule has 0 atom stereocenters. The summed E-state index contributed by atoms with van der Waals surface area (Å²) in [7, 11) is 3.43. The van der Waals surface area contributed by atoms with Gasteiger partial charge in [0.25, 0.3) is 0 Å². The number of para-hydroxylation sites is 2. The second-order valence-electron chi connectivity index (χ2n) is 6.76. The molecule has 4 rings (SSSR count). The topological polar surface area (TPSA) is 78.3 Å². The third kappa shape index (κ3) is 4.80. The minimum Gasteiger partial charge on any atom is -0.495 e. The number of fused-ring (bicyclic) bond motifs is 1. The van der Waals surface area contributed by atoms with Crippen LogP contribution in [0.4, 0.5) is 5.69 Å². The first-order chi connectivity index (χ1) is 15.2. The molecule has 0 aliphatic heterocycles. The molecule has 4 aromatic rings. The number of nitrogens with one attached hydrogen (secondary N) is 1. The van der Waals surface area contributed by atoms with Crippen LogP contribution in [0.25, 0.3) is 10.8 Å². The van der Waals surface area contributed by atoms with E-state index >= 15 is 0 Å². The molecule has 31 heavy (non-hydrogen) atoms. The fourth-order valence-corrected chi connectivity index (χ4v) is 3.85. The van der Waals surface area contributed by atoms with Gasteiger partial charge in [-0.05, 0) is 23.6 Å². The molecule has 1 amide bonds. The number of aromatic nitrogens is 3. The number of methoxy groups -OCH3 is 1. The number of nitrogens with zero attached hydrogens (tertiary/aromatic N) is 3. The van der Waals surface area contributed by atoms with Crippen LogP contribution in [0.15, 0.2) is 71.9 Å². The van der Waals surface area contributed by atoms with E-state index in [0.29, 0.717) is 22.4 Å². The average Bonchev–Trinajstić information content (AvgIpc) is 3.16. The quantitative estimate of drug-likeness (QED) is 0.417. The standard InChI is InChI=1S/C23H22N4O3S/c1-27-21(14-30-19-13-7-9-16-8-3-4-10-17(16)19)25-26-23(27)31-15-22(28)24-18-11-5-6-12-20(18)29-2/h3-13H,14-15H2,1-2H3,(H,24,28). The Morgan fingerprint density at radius 1 is 1.00 bits per heavy atom. The number of hydrogen-bond donors (Lipinski definition) is 1. The molecule has 0 radical (unpaired) electrons. The van der Waals surface area contributed by atoms with E-state index in [9.17, 15) is 4.79 Å². The van der Waals surface area contributed by atoms with Gasteiger partial charge in [-0.1, -0.05) is 60.3 Å². The number of benzene rings is 3. The van der Waals surface area contributed by atoms with E-state index in [2.05, 4.69) is 27.6 Å². The molecule has 0 aliphatic rings. The van der Waals surface area contributed by atoms with Gasteiger partial charge in [0.15, 0.2) is 11.0 Å². The molecular formula is C23H22N4O3S. The molecule has 0 spiro atoms. The number of carbonyl (C=O) groups excluding carboxylic acids is 1.